The Bertz CT molecular complexity index is 1250. The molecule has 1 fully saturated rings. The summed E-state index contributed by atoms with van der Waals surface area (Å²) in [6.07, 6.45) is 3.38. The van der Waals surface area contributed by atoms with Crippen LogP contribution in [0.25, 0.3) is 10.9 Å². The average Bonchev–Trinajstić information content (AvgIpc) is 3.16. The molecule has 2 N–H and O–H groups in total. The van der Waals surface area contributed by atoms with E-state index in [2.05, 4.69) is 56.1 Å². The summed E-state index contributed by atoms with van der Waals surface area (Å²) in [7, 11) is 0. The lowest BCUT2D eigenvalue weighted by molar-refractivity contribution is 0.122. The zero-order valence-electron chi connectivity index (χ0n) is 19.4. The Kier molecular flexibility index (Phi) is 6.44. The van der Waals surface area contributed by atoms with Crippen molar-refractivity contribution in [3.05, 3.63) is 60.0 Å². The van der Waals surface area contributed by atoms with Gasteiger partial charge in [0, 0.05) is 47.6 Å². The number of hydrogen-bond acceptors (Lipinski definition) is 8. The van der Waals surface area contributed by atoms with Gasteiger partial charge in [0.15, 0.2) is 0 Å². The quantitative estimate of drug-likeness (QED) is 0.381. The van der Waals surface area contributed by atoms with Crippen molar-refractivity contribution in [2.75, 3.05) is 49.7 Å². The Morgan fingerprint density at radius 2 is 1.91 bits per heavy atom. The lowest BCUT2D eigenvalue weighted by Gasteiger charge is -2.28. The minimum absolute atomic E-state index is 0.302. The third-order valence-corrected chi connectivity index (χ3v) is 5.83. The Hall–Kier alpha value is -3.85. The van der Waals surface area contributed by atoms with Crippen LogP contribution in [0.4, 0.5) is 17.3 Å². The van der Waals surface area contributed by atoms with Crippen molar-refractivity contribution in [1.29, 1.82) is 0 Å². The number of anilines is 3. The van der Waals surface area contributed by atoms with Gasteiger partial charge in [-0.2, -0.15) is 9.97 Å². The maximum absolute atomic E-state index is 5.86. The second-order valence-electron chi connectivity index (χ2n) is 8.14. The number of ether oxygens (including phenoxy) is 3. The molecule has 5 rings (SSSR count). The number of rotatable bonds is 8. The normalized spacial score (nSPS) is 13.8. The Morgan fingerprint density at radius 1 is 1.06 bits per heavy atom. The van der Waals surface area contributed by atoms with E-state index < -0.39 is 0 Å². The van der Waals surface area contributed by atoms with E-state index in [9.17, 15) is 0 Å². The fraction of sp³-hybridized carbons (Fsp3) is 0.320. The molecule has 4 heterocycles. The van der Waals surface area contributed by atoms with E-state index in [1.807, 2.05) is 24.3 Å². The summed E-state index contributed by atoms with van der Waals surface area (Å²) in [6.45, 7) is 7.77. The van der Waals surface area contributed by atoms with Gasteiger partial charge in [0.1, 0.15) is 30.6 Å². The fourth-order valence-corrected chi connectivity index (χ4v) is 3.91. The molecule has 3 aromatic heterocycles. The number of hydrogen-bond donors (Lipinski definition) is 2. The first-order chi connectivity index (χ1) is 16.7. The molecular weight excluding hydrogens is 432 g/mol. The number of H-pyrrole nitrogens is 1. The highest BCUT2D eigenvalue weighted by Gasteiger charge is 2.16. The van der Waals surface area contributed by atoms with Crippen molar-refractivity contribution >= 4 is 28.2 Å². The molecule has 0 saturated carbocycles. The smallest absolute Gasteiger partial charge is 0.320 e. The molecule has 1 aromatic carbocycles. The van der Waals surface area contributed by atoms with Crippen molar-refractivity contribution in [2.45, 2.75) is 13.8 Å². The van der Waals surface area contributed by atoms with E-state index in [1.165, 1.54) is 16.6 Å². The number of aromatic amines is 1. The molecule has 9 heteroatoms. The first kappa shape index (κ1) is 22.0. The summed E-state index contributed by atoms with van der Waals surface area (Å²) in [5, 5.41) is 4.62. The average molecular weight is 461 g/mol. The van der Waals surface area contributed by atoms with Gasteiger partial charge in [-0.1, -0.05) is 0 Å². The molecule has 34 heavy (non-hydrogen) atoms. The van der Waals surface area contributed by atoms with Gasteiger partial charge in [0.05, 0.1) is 19.4 Å². The molecule has 0 atom stereocenters. The topological polar surface area (TPSA) is 97.4 Å². The van der Waals surface area contributed by atoms with Crippen LogP contribution in [0.5, 0.6) is 11.8 Å². The molecule has 1 aliphatic rings. The summed E-state index contributed by atoms with van der Waals surface area (Å²) in [5.74, 6) is 2.17. The number of pyridine rings is 1. The lowest BCUT2D eigenvalue weighted by Crippen LogP contribution is -2.36. The van der Waals surface area contributed by atoms with Crippen LogP contribution in [0.1, 0.15) is 11.3 Å². The number of morpholine rings is 1. The van der Waals surface area contributed by atoms with Gasteiger partial charge >= 0.3 is 6.01 Å². The van der Waals surface area contributed by atoms with Crippen molar-refractivity contribution in [2.24, 2.45) is 0 Å². The number of nitrogens with zero attached hydrogens (tertiary/aromatic N) is 4. The third kappa shape index (κ3) is 5.04. The van der Waals surface area contributed by atoms with Gasteiger partial charge in [0.25, 0.3) is 0 Å². The van der Waals surface area contributed by atoms with E-state index in [0.717, 1.165) is 30.1 Å². The monoisotopic (exact) mass is 460 g/mol. The summed E-state index contributed by atoms with van der Waals surface area (Å²) >= 11 is 0. The Labute approximate surface area is 198 Å². The number of aromatic nitrogens is 4. The SMILES string of the molecule is Cc1[nH]c2ccc(Nc3cc(N4CCOCC4)nc(OCCOc4cccnc4)n3)cc2c1C. The highest BCUT2D eigenvalue weighted by molar-refractivity contribution is 5.88. The predicted molar refractivity (Wildman–Crippen MR) is 131 cm³/mol. The van der Waals surface area contributed by atoms with Crippen LogP contribution in [0.2, 0.25) is 0 Å². The Morgan fingerprint density at radius 3 is 2.74 bits per heavy atom. The largest absolute Gasteiger partial charge is 0.488 e. The molecule has 0 amide bonds. The van der Waals surface area contributed by atoms with Crippen LogP contribution >= 0.6 is 0 Å². The summed E-state index contributed by atoms with van der Waals surface area (Å²) in [6, 6.07) is 12.2. The van der Waals surface area contributed by atoms with E-state index in [0.29, 0.717) is 44.0 Å². The van der Waals surface area contributed by atoms with Crippen molar-refractivity contribution in [3.63, 3.8) is 0 Å². The maximum Gasteiger partial charge on any atom is 0.320 e. The molecule has 0 radical (unpaired) electrons. The molecule has 0 bridgehead atoms. The van der Waals surface area contributed by atoms with Gasteiger partial charge in [0.2, 0.25) is 0 Å². The van der Waals surface area contributed by atoms with Gasteiger partial charge in [-0.25, -0.2) is 0 Å². The van der Waals surface area contributed by atoms with Crippen LogP contribution < -0.4 is 19.7 Å². The third-order valence-electron chi connectivity index (χ3n) is 5.83. The second-order valence-corrected chi connectivity index (χ2v) is 8.14. The van der Waals surface area contributed by atoms with Gasteiger partial charge in [-0.3, -0.25) is 4.98 Å². The molecule has 1 aliphatic heterocycles. The predicted octanol–water partition coefficient (Wildman–Crippen LogP) is 4.01. The minimum atomic E-state index is 0.302. The van der Waals surface area contributed by atoms with Crippen molar-refractivity contribution in [3.8, 4) is 11.8 Å². The number of fused-ring (bicyclic) bond motifs is 1. The zero-order chi connectivity index (χ0) is 23.3. The van der Waals surface area contributed by atoms with E-state index in [1.54, 1.807) is 12.4 Å². The molecule has 0 aliphatic carbocycles. The highest BCUT2D eigenvalue weighted by atomic mass is 16.5. The van der Waals surface area contributed by atoms with Gasteiger partial charge < -0.3 is 29.4 Å². The second kappa shape index (κ2) is 9.96. The van der Waals surface area contributed by atoms with Crippen molar-refractivity contribution in [1.82, 2.24) is 19.9 Å². The molecule has 1 saturated heterocycles. The summed E-state index contributed by atoms with van der Waals surface area (Å²) < 4.78 is 17.0. The Balaban J connectivity index is 1.34. The van der Waals surface area contributed by atoms with E-state index >= 15 is 0 Å². The molecular formula is C25H28N6O3. The molecule has 0 unspecified atom stereocenters. The number of benzene rings is 1. The van der Waals surface area contributed by atoms with Crippen LogP contribution in [-0.4, -0.2) is 59.5 Å². The molecule has 9 nitrogen and oxygen atoms in total. The molecule has 0 spiro atoms. The van der Waals surface area contributed by atoms with Crippen LogP contribution in [0.3, 0.4) is 0 Å². The summed E-state index contributed by atoms with van der Waals surface area (Å²) in [4.78, 5) is 18.9. The van der Waals surface area contributed by atoms with Crippen LogP contribution in [0.15, 0.2) is 48.8 Å². The van der Waals surface area contributed by atoms with E-state index in [4.69, 9.17) is 14.2 Å². The van der Waals surface area contributed by atoms with E-state index in [-0.39, 0.29) is 0 Å². The van der Waals surface area contributed by atoms with Crippen LogP contribution in [0, 0.1) is 13.8 Å². The minimum Gasteiger partial charge on any atom is -0.488 e. The number of nitrogens with one attached hydrogen (secondary N) is 2. The number of aryl methyl sites for hydroxylation is 2. The first-order valence-corrected chi connectivity index (χ1v) is 11.4. The fourth-order valence-electron chi connectivity index (χ4n) is 3.91. The first-order valence-electron chi connectivity index (χ1n) is 11.4. The standard InChI is InChI=1S/C25H28N6O3/c1-17-18(2)27-22-6-5-19(14-21(17)22)28-23-15-24(31-8-10-32-11-9-31)30-25(29-23)34-13-12-33-20-4-3-7-26-16-20/h3-7,14-16,27H,8-13H2,1-2H3,(H,28,29,30). The molecule has 176 valence electrons. The van der Waals surface area contributed by atoms with Gasteiger partial charge in [-0.15, -0.1) is 0 Å². The van der Waals surface area contributed by atoms with Gasteiger partial charge in [-0.05, 0) is 49.7 Å². The highest BCUT2D eigenvalue weighted by Crippen LogP contribution is 2.28. The van der Waals surface area contributed by atoms with Crippen LogP contribution in [-0.2, 0) is 4.74 Å². The lowest BCUT2D eigenvalue weighted by atomic mass is 10.1. The maximum atomic E-state index is 5.86. The molecule has 4 aromatic rings. The van der Waals surface area contributed by atoms with Crippen molar-refractivity contribution < 1.29 is 14.2 Å². The zero-order valence-corrected chi connectivity index (χ0v) is 19.4. The summed E-state index contributed by atoms with van der Waals surface area (Å²) in [5.41, 5.74) is 4.49.